The molecule has 0 aliphatic carbocycles. The van der Waals surface area contributed by atoms with Crippen molar-refractivity contribution in [3.63, 3.8) is 0 Å². The van der Waals surface area contributed by atoms with Gasteiger partial charge >= 0.3 is 5.97 Å². The Morgan fingerprint density at radius 3 is 2.02 bits per heavy atom. The number of ether oxygens (including phenoxy) is 2. The molecule has 10 atom stereocenters. The maximum atomic E-state index is 14.8. The summed E-state index contributed by atoms with van der Waals surface area (Å²) < 4.78 is 11.6. The number of carbonyl (C=O) groups excluding carboxylic acids is 7. The SMILES string of the molecule is CC[C@H]1OC(O)(C(C)(O)C(=O)N[C@@H]2C(=O)N3NCCC[C@@H]3C(=O)N(O)[C@@H](C)C(=O)N(C)[C@@H](CC(C)C)C(=O)N3NCCC[C@@H]3C(=O)N(O)CC(=O)OC2C(C)C)CC[C@@H]1C. The lowest BCUT2D eigenvalue weighted by atomic mass is 9.82. The Hall–Kier alpha value is -3.99. The van der Waals surface area contributed by atoms with E-state index in [0.717, 1.165) is 21.8 Å². The predicted molar refractivity (Wildman–Crippen MR) is 209 cm³/mol. The molecule has 60 heavy (non-hydrogen) atoms. The van der Waals surface area contributed by atoms with Crippen molar-refractivity contribution < 1.29 is 63.7 Å². The van der Waals surface area contributed by atoms with Crippen LogP contribution in [0.3, 0.4) is 0 Å². The number of cyclic esters (lactones) is 1. The van der Waals surface area contributed by atoms with Crippen molar-refractivity contribution in [2.24, 2.45) is 17.8 Å². The van der Waals surface area contributed by atoms with E-state index in [0.29, 0.717) is 25.7 Å². The molecular weight excluding hydrogens is 788 g/mol. The Morgan fingerprint density at radius 2 is 1.47 bits per heavy atom. The Morgan fingerprint density at radius 1 is 0.900 bits per heavy atom. The number of amides is 6. The van der Waals surface area contributed by atoms with Gasteiger partial charge in [-0.1, -0.05) is 41.5 Å². The summed E-state index contributed by atoms with van der Waals surface area (Å²) in [7, 11) is 1.32. The van der Waals surface area contributed by atoms with Crippen LogP contribution in [0.1, 0.15) is 107 Å². The quantitative estimate of drug-likeness (QED) is 0.125. The van der Waals surface area contributed by atoms with Gasteiger partial charge in [0, 0.05) is 26.6 Å². The summed E-state index contributed by atoms with van der Waals surface area (Å²) >= 11 is 0. The number of rotatable bonds is 7. The number of esters is 1. The largest absolute Gasteiger partial charge is 0.458 e. The standard InChI is InChI=1S/C39H66N8O13/c1-10-28-23(6)15-16-39(56,60-28)38(8,55)37(54)42-30-31(22(4)5)59-29(48)20-44(57)33(50)25-13-11-17-40-45(25)34(51)27(19-21(2)3)43(9)32(49)24(7)47(58)35(52)26-14-12-18-41-46(26)36(30)53/h21-28,30-31,40-41,55-58H,10-20H2,1-9H3,(H,42,54)/t23-,24-,25+,26+,27-,28+,30-,31?,38?,39?/m0/s1. The monoisotopic (exact) mass is 854 g/mol. The van der Waals surface area contributed by atoms with Gasteiger partial charge in [-0.2, -0.15) is 0 Å². The lowest BCUT2D eigenvalue weighted by molar-refractivity contribution is -0.327. The van der Waals surface area contributed by atoms with Crippen molar-refractivity contribution in [1.29, 1.82) is 0 Å². The fourth-order valence-corrected chi connectivity index (χ4v) is 8.25. The number of nitrogens with one attached hydrogen (secondary N) is 3. The highest BCUT2D eigenvalue weighted by molar-refractivity contribution is 5.97. The highest BCUT2D eigenvalue weighted by Crippen LogP contribution is 2.39. The van der Waals surface area contributed by atoms with Crippen LogP contribution in [0.4, 0.5) is 0 Å². The van der Waals surface area contributed by atoms with Gasteiger partial charge in [0.15, 0.2) is 5.60 Å². The Balaban J connectivity index is 1.82. The van der Waals surface area contributed by atoms with E-state index in [4.69, 9.17) is 9.47 Å². The van der Waals surface area contributed by atoms with Crippen molar-refractivity contribution in [1.82, 2.24) is 41.2 Å². The first-order chi connectivity index (χ1) is 28.0. The minimum atomic E-state index is -2.69. The Bertz CT molecular complexity index is 1610. The number of hydrogen-bond donors (Lipinski definition) is 7. The van der Waals surface area contributed by atoms with Gasteiger partial charge < -0.3 is 29.9 Å². The van der Waals surface area contributed by atoms with Crippen molar-refractivity contribution in [2.45, 2.75) is 161 Å². The van der Waals surface area contributed by atoms with E-state index >= 15 is 0 Å². The van der Waals surface area contributed by atoms with Crippen LogP contribution in [0.5, 0.6) is 0 Å². The molecule has 3 unspecified atom stereocenters. The molecule has 21 nitrogen and oxygen atoms in total. The van der Waals surface area contributed by atoms with Crippen LogP contribution in [0, 0.1) is 17.8 Å². The molecule has 4 aliphatic rings. The van der Waals surface area contributed by atoms with Crippen LogP contribution in [0.2, 0.25) is 0 Å². The maximum Gasteiger partial charge on any atom is 0.328 e. The lowest BCUT2D eigenvalue weighted by Gasteiger charge is -2.47. The number of hydrogen-bond acceptors (Lipinski definition) is 15. The van der Waals surface area contributed by atoms with Crippen molar-refractivity contribution in [2.75, 3.05) is 26.7 Å². The zero-order valence-electron chi connectivity index (χ0n) is 36.3. The molecule has 0 aromatic rings. The summed E-state index contributed by atoms with van der Waals surface area (Å²) in [6.45, 7) is 12.0. The highest BCUT2D eigenvalue weighted by atomic mass is 16.6. The minimum absolute atomic E-state index is 0.00638. The van der Waals surface area contributed by atoms with Crippen LogP contribution in [0.15, 0.2) is 0 Å². The number of fused-ring (bicyclic) bond motifs is 2. The number of nitrogens with zero attached hydrogens (tertiary/aromatic N) is 5. The third kappa shape index (κ3) is 10.2. The molecule has 0 radical (unpaired) electrons. The number of likely N-dealkylation sites (N-methyl/N-ethyl adjacent to an activating group) is 1. The van der Waals surface area contributed by atoms with Crippen molar-refractivity contribution in [3.8, 4) is 0 Å². The van der Waals surface area contributed by atoms with Gasteiger partial charge in [-0.25, -0.2) is 21.0 Å². The molecule has 21 heteroatoms. The number of carbonyl (C=O) groups is 7. The number of aliphatic hydroxyl groups is 2. The summed E-state index contributed by atoms with van der Waals surface area (Å²) in [6.07, 6.45) is -0.560. The first-order valence-corrected chi connectivity index (χ1v) is 21.0. The second-order valence-corrected chi connectivity index (χ2v) is 17.5. The van der Waals surface area contributed by atoms with Crippen LogP contribution >= 0.6 is 0 Å². The van der Waals surface area contributed by atoms with Gasteiger partial charge in [-0.05, 0) is 76.5 Å². The molecule has 0 saturated carbocycles. The first-order valence-electron chi connectivity index (χ1n) is 21.0. The minimum Gasteiger partial charge on any atom is -0.458 e. The van der Waals surface area contributed by atoms with Crippen LogP contribution in [0.25, 0.3) is 0 Å². The molecule has 4 saturated heterocycles. The van der Waals surface area contributed by atoms with Gasteiger partial charge in [0.05, 0.1) is 6.10 Å². The summed E-state index contributed by atoms with van der Waals surface area (Å²) in [5.74, 6) is -10.7. The fraction of sp³-hybridized carbons (Fsp3) is 0.821. The van der Waals surface area contributed by atoms with Crippen LogP contribution in [-0.2, 0) is 43.0 Å². The molecule has 4 fully saturated rings. The predicted octanol–water partition coefficient (Wildman–Crippen LogP) is -0.594. The summed E-state index contributed by atoms with van der Waals surface area (Å²) in [6, 6.07) is -7.53. The first kappa shape index (κ1) is 48.7. The molecule has 4 heterocycles. The average Bonchev–Trinajstić information content (AvgIpc) is 3.21. The zero-order chi connectivity index (χ0) is 45.0. The van der Waals surface area contributed by atoms with Crippen molar-refractivity contribution in [3.05, 3.63) is 0 Å². The smallest absolute Gasteiger partial charge is 0.328 e. The fourth-order valence-electron chi connectivity index (χ4n) is 8.25. The third-order valence-corrected chi connectivity index (χ3v) is 12.1. The zero-order valence-corrected chi connectivity index (χ0v) is 36.3. The Labute approximate surface area is 350 Å². The summed E-state index contributed by atoms with van der Waals surface area (Å²) in [5, 5.41) is 50.3. The summed E-state index contributed by atoms with van der Waals surface area (Å²) in [4.78, 5) is 99.9. The molecule has 6 amide bonds. The van der Waals surface area contributed by atoms with Crippen molar-refractivity contribution >= 4 is 41.4 Å². The van der Waals surface area contributed by atoms with E-state index in [1.807, 2.05) is 27.7 Å². The normalized spacial score (nSPS) is 33.5. The molecule has 0 aromatic carbocycles. The van der Waals surface area contributed by atoms with Crippen LogP contribution < -0.4 is 16.2 Å². The molecular formula is C39H66N8O13. The van der Waals surface area contributed by atoms with Gasteiger partial charge in [0.2, 0.25) is 11.7 Å². The lowest BCUT2D eigenvalue weighted by Crippen LogP contribution is -2.70. The maximum absolute atomic E-state index is 14.8. The van der Waals surface area contributed by atoms with E-state index in [-0.39, 0.29) is 60.7 Å². The van der Waals surface area contributed by atoms with Gasteiger partial charge in [0.1, 0.15) is 42.9 Å². The third-order valence-electron chi connectivity index (χ3n) is 12.1. The summed E-state index contributed by atoms with van der Waals surface area (Å²) in [5.41, 5.74) is 3.00. The second kappa shape index (κ2) is 19.8. The molecule has 0 bridgehead atoms. The van der Waals surface area contributed by atoms with E-state index in [1.165, 1.54) is 14.0 Å². The Kier molecular flexibility index (Phi) is 16.1. The van der Waals surface area contributed by atoms with Gasteiger partial charge in [-0.3, -0.25) is 54.0 Å². The molecule has 7 N–H and O–H groups in total. The number of hydrazine groups is 2. The van der Waals surface area contributed by atoms with E-state index in [9.17, 15) is 54.2 Å². The molecule has 340 valence electrons. The average molecular weight is 855 g/mol. The van der Waals surface area contributed by atoms with Crippen LogP contribution in [-0.4, -0.2) is 168 Å². The van der Waals surface area contributed by atoms with E-state index in [2.05, 4.69) is 16.2 Å². The second-order valence-electron chi connectivity index (χ2n) is 17.5. The molecule has 0 aromatic heterocycles. The number of hydroxylamine groups is 4. The van der Waals surface area contributed by atoms with Gasteiger partial charge in [0.25, 0.3) is 29.5 Å². The molecule has 4 rings (SSSR count). The topological polar surface area (TPSA) is 271 Å². The highest BCUT2D eigenvalue weighted by Gasteiger charge is 2.57. The van der Waals surface area contributed by atoms with E-state index in [1.54, 1.807) is 13.8 Å². The molecule has 0 spiro atoms. The molecule has 4 aliphatic heterocycles. The van der Waals surface area contributed by atoms with Gasteiger partial charge in [-0.15, -0.1) is 0 Å². The van der Waals surface area contributed by atoms with E-state index < -0.39 is 108 Å².